The second-order valence-electron chi connectivity index (χ2n) is 8.96. The summed E-state index contributed by atoms with van der Waals surface area (Å²) in [6.45, 7) is 1.63. The number of hydrogen-bond acceptors (Lipinski definition) is 7. The first-order chi connectivity index (χ1) is 17.8. The van der Waals surface area contributed by atoms with Gasteiger partial charge in [0, 0.05) is 22.1 Å². The van der Waals surface area contributed by atoms with Crippen LogP contribution < -0.4 is 0 Å². The summed E-state index contributed by atoms with van der Waals surface area (Å²) in [5, 5.41) is 12.7. The number of nitrogens with zero attached hydrogens (tertiary/aromatic N) is 1. The molecule has 1 saturated heterocycles. The van der Waals surface area contributed by atoms with Crippen LogP contribution in [0, 0.1) is 5.92 Å². The lowest BCUT2D eigenvalue weighted by Gasteiger charge is -2.30. The number of hydrogen-bond donors (Lipinski definition) is 1. The average molecular weight is 536 g/mol. The van der Waals surface area contributed by atoms with Gasteiger partial charge in [-0.1, -0.05) is 55.5 Å². The summed E-state index contributed by atoms with van der Waals surface area (Å²) in [5.74, 6) is -2.09. The van der Waals surface area contributed by atoms with E-state index in [4.69, 9.17) is 4.84 Å². The lowest BCUT2D eigenvalue weighted by Crippen LogP contribution is -2.33. The standard InChI is InChI=1S/C29H29NO5S2/c1-19-18-26(31)30(28(19)33)35-27(32)17-6-20-4-7-21(8-5-20)29(34,22-9-13-24(36-2)14-10-22)23-11-15-25(37-3)16-12-23/h4-5,7-16,19,34H,6,17-18H2,1-3H3. The number of amides is 2. The van der Waals surface area contributed by atoms with Crippen LogP contribution in [-0.2, 0) is 31.2 Å². The molecular weight excluding hydrogens is 506 g/mol. The Morgan fingerprint density at radius 1 is 0.892 bits per heavy atom. The van der Waals surface area contributed by atoms with E-state index in [2.05, 4.69) is 0 Å². The van der Waals surface area contributed by atoms with Crippen LogP contribution >= 0.6 is 23.5 Å². The van der Waals surface area contributed by atoms with Crippen LogP contribution in [0.2, 0.25) is 0 Å². The monoisotopic (exact) mass is 535 g/mol. The molecule has 4 rings (SSSR count). The highest BCUT2D eigenvalue weighted by Crippen LogP contribution is 2.38. The fraction of sp³-hybridized carbons (Fsp3) is 0.276. The highest BCUT2D eigenvalue weighted by molar-refractivity contribution is 7.98. The topological polar surface area (TPSA) is 83.9 Å². The molecule has 1 atom stereocenters. The minimum atomic E-state index is -1.36. The molecule has 3 aromatic carbocycles. The van der Waals surface area contributed by atoms with Crippen molar-refractivity contribution in [1.82, 2.24) is 5.06 Å². The smallest absolute Gasteiger partial charge is 0.333 e. The Hall–Kier alpha value is -3.07. The summed E-state index contributed by atoms with van der Waals surface area (Å²) < 4.78 is 0. The van der Waals surface area contributed by atoms with E-state index in [1.807, 2.05) is 85.3 Å². The van der Waals surface area contributed by atoms with Crippen molar-refractivity contribution in [2.75, 3.05) is 12.5 Å². The SMILES string of the molecule is CSc1ccc(C(O)(c2ccc(CCC(=O)ON3C(=O)CC(C)C3=O)cc2)c2ccc(SC)cc2)cc1. The average Bonchev–Trinajstić information content (AvgIpc) is 3.17. The quantitative estimate of drug-likeness (QED) is 0.229. The van der Waals surface area contributed by atoms with Crippen LogP contribution in [0.1, 0.15) is 42.0 Å². The van der Waals surface area contributed by atoms with Crippen LogP contribution in [-0.4, -0.2) is 40.5 Å². The maximum absolute atomic E-state index is 12.3. The number of hydroxylamine groups is 2. The van der Waals surface area contributed by atoms with Crippen molar-refractivity contribution in [3.8, 4) is 0 Å². The van der Waals surface area contributed by atoms with Crippen molar-refractivity contribution >= 4 is 41.3 Å². The molecule has 1 aliphatic rings. The largest absolute Gasteiger partial charge is 0.376 e. The number of aliphatic hydroxyl groups is 1. The van der Waals surface area contributed by atoms with E-state index in [0.29, 0.717) is 17.0 Å². The van der Waals surface area contributed by atoms with E-state index < -0.39 is 29.3 Å². The van der Waals surface area contributed by atoms with Gasteiger partial charge in [-0.2, -0.15) is 0 Å². The van der Waals surface area contributed by atoms with E-state index in [-0.39, 0.29) is 12.8 Å². The molecule has 1 N–H and O–H groups in total. The van der Waals surface area contributed by atoms with Crippen LogP contribution in [0.25, 0.3) is 0 Å². The van der Waals surface area contributed by atoms with Gasteiger partial charge in [-0.15, -0.1) is 28.6 Å². The second-order valence-corrected chi connectivity index (χ2v) is 10.7. The molecule has 8 heteroatoms. The summed E-state index contributed by atoms with van der Waals surface area (Å²) in [7, 11) is 0. The predicted octanol–water partition coefficient (Wildman–Crippen LogP) is 5.20. The summed E-state index contributed by atoms with van der Waals surface area (Å²) in [5.41, 5.74) is 1.72. The third-order valence-corrected chi connectivity index (χ3v) is 8.01. The zero-order valence-electron chi connectivity index (χ0n) is 21.0. The van der Waals surface area contributed by atoms with Gasteiger partial charge in [0.05, 0.1) is 6.42 Å². The number of thioether (sulfide) groups is 2. The van der Waals surface area contributed by atoms with E-state index in [1.165, 1.54) is 0 Å². The van der Waals surface area contributed by atoms with Gasteiger partial charge >= 0.3 is 5.97 Å². The highest BCUT2D eigenvalue weighted by Gasteiger charge is 2.39. The van der Waals surface area contributed by atoms with Crippen molar-refractivity contribution in [3.63, 3.8) is 0 Å². The zero-order valence-corrected chi connectivity index (χ0v) is 22.6. The molecule has 0 bridgehead atoms. The Morgan fingerprint density at radius 3 is 1.76 bits per heavy atom. The molecule has 37 heavy (non-hydrogen) atoms. The zero-order chi connectivity index (χ0) is 26.6. The molecular formula is C29H29NO5S2. The highest BCUT2D eigenvalue weighted by atomic mass is 32.2. The Kier molecular flexibility index (Phi) is 8.42. The molecule has 0 saturated carbocycles. The van der Waals surface area contributed by atoms with Gasteiger partial charge in [-0.05, 0) is 65.5 Å². The molecule has 0 radical (unpaired) electrons. The molecule has 3 aromatic rings. The Bertz CT molecular complexity index is 1230. The van der Waals surface area contributed by atoms with E-state index >= 15 is 0 Å². The summed E-state index contributed by atoms with van der Waals surface area (Å²) in [6.07, 6.45) is 4.46. The lowest BCUT2D eigenvalue weighted by molar-refractivity contribution is -0.198. The Balaban J connectivity index is 1.53. The van der Waals surface area contributed by atoms with Crippen molar-refractivity contribution in [2.45, 2.75) is 41.6 Å². The normalized spacial score (nSPS) is 15.8. The van der Waals surface area contributed by atoms with Crippen LogP contribution in [0.15, 0.2) is 82.6 Å². The molecule has 2 amide bonds. The predicted molar refractivity (Wildman–Crippen MR) is 145 cm³/mol. The molecule has 0 spiro atoms. The summed E-state index contributed by atoms with van der Waals surface area (Å²) in [6, 6.07) is 23.2. The number of benzene rings is 3. The van der Waals surface area contributed by atoms with Crippen LogP contribution in [0.4, 0.5) is 0 Å². The molecule has 6 nitrogen and oxygen atoms in total. The fourth-order valence-electron chi connectivity index (χ4n) is 4.32. The van der Waals surface area contributed by atoms with Gasteiger partial charge in [-0.3, -0.25) is 9.59 Å². The minimum Gasteiger partial charge on any atom is -0.376 e. The van der Waals surface area contributed by atoms with Crippen molar-refractivity contribution < 1.29 is 24.3 Å². The van der Waals surface area contributed by atoms with Crippen LogP contribution in [0.5, 0.6) is 0 Å². The molecule has 0 aliphatic carbocycles. The first-order valence-electron chi connectivity index (χ1n) is 11.9. The van der Waals surface area contributed by atoms with Gasteiger partial charge in [0.25, 0.3) is 11.8 Å². The van der Waals surface area contributed by atoms with Gasteiger partial charge in [0.1, 0.15) is 5.60 Å². The number of carbonyl (C=O) groups is 3. The number of rotatable bonds is 9. The van der Waals surface area contributed by atoms with E-state index in [9.17, 15) is 19.5 Å². The molecule has 0 aromatic heterocycles. The maximum atomic E-state index is 12.3. The van der Waals surface area contributed by atoms with E-state index in [0.717, 1.165) is 26.5 Å². The van der Waals surface area contributed by atoms with Gasteiger partial charge < -0.3 is 9.94 Å². The van der Waals surface area contributed by atoms with Crippen molar-refractivity contribution in [3.05, 3.63) is 95.1 Å². The number of carbonyl (C=O) groups excluding carboxylic acids is 3. The van der Waals surface area contributed by atoms with E-state index in [1.54, 1.807) is 30.4 Å². The third-order valence-electron chi connectivity index (χ3n) is 6.53. The Labute approximate surface area is 225 Å². The summed E-state index contributed by atoms with van der Waals surface area (Å²) in [4.78, 5) is 43.3. The van der Waals surface area contributed by atoms with Crippen LogP contribution in [0.3, 0.4) is 0 Å². The fourth-order valence-corrected chi connectivity index (χ4v) is 5.14. The minimum absolute atomic E-state index is 0.0152. The first-order valence-corrected chi connectivity index (χ1v) is 14.4. The maximum Gasteiger partial charge on any atom is 0.333 e. The third kappa shape index (κ3) is 5.76. The Morgan fingerprint density at radius 2 is 1.35 bits per heavy atom. The first kappa shape index (κ1) is 27.0. The van der Waals surface area contributed by atoms with Crippen molar-refractivity contribution in [1.29, 1.82) is 0 Å². The van der Waals surface area contributed by atoms with Gasteiger partial charge in [0.15, 0.2) is 0 Å². The summed E-state index contributed by atoms with van der Waals surface area (Å²) >= 11 is 3.28. The van der Waals surface area contributed by atoms with Gasteiger partial charge in [-0.25, -0.2) is 4.79 Å². The van der Waals surface area contributed by atoms with Crippen molar-refractivity contribution in [2.24, 2.45) is 5.92 Å². The second kappa shape index (κ2) is 11.5. The molecule has 1 unspecified atom stereocenters. The molecule has 1 heterocycles. The lowest BCUT2D eigenvalue weighted by atomic mass is 9.80. The number of imide groups is 1. The number of aryl methyl sites for hydroxylation is 1. The molecule has 1 aliphatic heterocycles. The molecule has 192 valence electrons. The molecule has 1 fully saturated rings. The van der Waals surface area contributed by atoms with Gasteiger partial charge in [0.2, 0.25) is 0 Å².